The van der Waals surface area contributed by atoms with Crippen molar-refractivity contribution in [3.63, 3.8) is 0 Å². The molecule has 0 bridgehead atoms. The molecule has 1 saturated heterocycles. The van der Waals surface area contributed by atoms with E-state index in [-0.39, 0.29) is 17.9 Å². The van der Waals surface area contributed by atoms with Gasteiger partial charge in [0.25, 0.3) is 5.91 Å². The summed E-state index contributed by atoms with van der Waals surface area (Å²) in [5, 5.41) is 7.15. The second-order valence-electron chi connectivity index (χ2n) is 8.05. The number of hydrogen-bond donors (Lipinski definition) is 1. The molecule has 176 valence electrons. The molecule has 7 nitrogen and oxygen atoms in total. The first kappa shape index (κ1) is 24.6. The third-order valence-electron chi connectivity index (χ3n) is 5.53. The van der Waals surface area contributed by atoms with E-state index in [0.29, 0.717) is 30.9 Å². The number of ether oxygens (including phenoxy) is 1. The van der Waals surface area contributed by atoms with Gasteiger partial charge in [-0.15, -0.1) is 6.42 Å². The van der Waals surface area contributed by atoms with Crippen LogP contribution in [0.15, 0.2) is 67.0 Å². The summed E-state index contributed by atoms with van der Waals surface area (Å²) in [6.07, 6.45) is 17.1. The number of nitrogens with zero attached hydrogens (tertiary/aromatic N) is 3. The number of piperidine rings is 1. The highest BCUT2D eigenvalue weighted by atomic mass is 16.5. The fourth-order valence-corrected chi connectivity index (χ4v) is 3.86. The van der Waals surface area contributed by atoms with Crippen LogP contribution in [0.5, 0.6) is 5.75 Å². The second kappa shape index (κ2) is 11.7. The van der Waals surface area contributed by atoms with Crippen LogP contribution in [0.4, 0.5) is 0 Å². The number of rotatable bonds is 8. The topological polar surface area (TPSA) is 76.5 Å². The van der Waals surface area contributed by atoms with Gasteiger partial charge in [0.05, 0.1) is 18.3 Å². The third kappa shape index (κ3) is 6.26. The highest BCUT2D eigenvalue weighted by Crippen LogP contribution is 2.29. The predicted molar refractivity (Wildman–Crippen MR) is 133 cm³/mol. The highest BCUT2D eigenvalue weighted by molar-refractivity contribution is 5.97. The first-order valence-corrected chi connectivity index (χ1v) is 11.2. The van der Waals surface area contributed by atoms with Gasteiger partial charge in [-0.1, -0.05) is 30.7 Å². The minimum atomic E-state index is -0.269. The summed E-state index contributed by atoms with van der Waals surface area (Å²) in [5.74, 6) is 2.57. The van der Waals surface area contributed by atoms with Crippen LogP contribution < -0.4 is 10.1 Å². The van der Waals surface area contributed by atoms with Gasteiger partial charge >= 0.3 is 0 Å². The smallest absolute Gasteiger partial charge is 0.255 e. The molecule has 1 atom stereocenters. The standard InChI is InChI=1S/C27H30N4O3/c1-5-9-20(10-6-2)16-28-27(33)24-13-12-21(22-17-29-30(4)18-22)15-25(24)34-23-11-8-14-31(19-23)26(32)7-3/h1,6-7,9-10,12-13,15,17-18,23H,3,8,11,14,16,19H2,2,4H3,(H,28,33)/b10-6-,20-9+/t23-/m1/s1. The van der Waals surface area contributed by atoms with Crippen molar-refractivity contribution >= 4 is 11.8 Å². The number of carbonyl (C=O) groups is 2. The number of amides is 2. The van der Waals surface area contributed by atoms with E-state index < -0.39 is 0 Å². The maximum absolute atomic E-state index is 13.1. The molecule has 0 spiro atoms. The number of likely N-dealkylation sites (tertiary alicyclic amines) is 1. The Morgan fingerprint density at radius 3 is 2.88 bits per heavy atom. The molecular weight excluding hydrogens is 428 g/mol. The van der Waals surface area contributed by atoms with E-state index in [4.69, 9.17) is 11.2 Å². The minimum absolute atomic E-state index is 0.118. The molecular formula is C27H30N4O3. The Kier molecular flexibility index (Phi) is 8.47. The Morgan fingerprint density at radius 1 is 1.38 bits per heavy atom. The molecule has 0 saturated carbocycles. The van der Waals surface area contributed by atoms with Gasteiger partial charge in [-0.05, 0) is 55.2 Å². The molecule has 0 unspecified atom stereocenters. The fourth-order valence-electron chi connectivity index (χ4n) is 3.86. The number of carbonyl (C=O) groups excluding carboxylic acids is 2. The summed E-state index contributed by atoms with van der Waals surface area (Å²) in [7, 11) is 1.85. The van der Waals surface area contributed by atoms with Crippen molar-refractivity contribution in [1.29, 1.82) is 0 Å². The van der Waals surface area contributed by atoms with Crippen molar-refractivity contribution in [3.8, 4) is 29.2 Å². The maximum Gasteiger partial charge on any atom is 0.255 e. The number of terminal acetylenes is 1. The molecule has 0 radical (unpaired) electrons. The van der Waals surface area contributed by atoms with Crippen LogP contribution >= 0.6 is 0 Å². The van der Waals surface area contributed by atoms with Crippen LogP contribution in [0.1, 0.15) is 30.1 Å². The van der Waals surface area contributed by atoms with Crippen LogP contribution in [0.25, 0.3) is 11.1 Å². The third-order valence-corrected chi connectivity index (χ3v) is 5.53. The van der Waals surface area contributed by atoms with Gasteiger partial charge in [-0.25, -0.2) is 0 Å². The molecule has 3 rings (SSSR count). The number of hydrogen-bond acceptors (Lipinski definition) is 4. The molecule has 2 heterocycles. The molecule has 1 aliphatic heterocycles. The molecule has 2 aromatic rings. The average Bonchev–Trinajstić information content (AvgIpc) is 3.28. The van der Waals surface area contributed by atoms with Crippen molar-refractivity contribution < 1.29 is 14.3 Å². The number of aryl methyl sites for hydroxylation is 1. The summed E-state index contributed by atoms with van der Waals surface area (Å²) in [6, 6.07) is 5.48. The van der Waals surface area contributed by atoms with E-state index >= 15 is 0 Å². The molecule has 1 N–H and O–H groups in total. The molecule has 0 aliphatic carbocycles. The van der Waals surface area contributed by atoms with Crippen molar-refractivity contribution in [2.75, 3.05) is 19.6 Å². The highest BCUT2D eigenvalue weighted by Gasteiger charge is 2.25. The van der Waals surface area contributed by atoms with Gasteiger partial charge in [0, 0.05) is 31.9 Å². The number of aromatic nitrogens is 2. The Morgan fingerprint density at radius 2 is 2.21 bits per heavy atom. The quantitative estimate of drug-likeness (QED) is 0.373. The van der Waals surface area contributed by atoms with Gasteiger partial charge in [0.15, 0.2) is 0 Å². The first-order chi connectivity index (χ1) is 16.4. The van der Waals surface area contributed by atoms with E-state index in [9.17, 15) is 9.59 Å². The van der Waals surface area contributed by atoms with Gasteiger partial charge in [-0.2, -0.15) is 5.10 Å². The lowest BCUT2D eigenvalue weighted by Crippen LogP contribution is -2.43. The lowest BCUT2D eigenvalue weighted by molar-refractivity contribution is -0.128. The molecule has 1 aliphatic rings. The zero-order valence-electron chi connectivity index (χ0n) is 19.7. The molecule has 7 heteroatoms. The van der Waals surface area contributed by atoms with E-state index in [0.717, 1.165) is 29.5 Å². The lowest BCUT2D eigenvalue weighted by Gasteiger charge is -2.32. The summed E-state index contributed by atoms with van der Waals surface area (Å²) < 4.78 is 8.05. The predicted octanol–water partition coefficient (Wildman–Crippen LogP) is 3.51. The van der Waals surface area contributed by atoms with E-state index in [1.165, 1.54) is 6.08 Å². The van der Waals surface area contributed by atoms with E-state index in [1.807, 2.05) is 44.5 Å². The normalized spacial score (nSPS) is 16.2. The van der Waals surface area contributed by atoms with Crippen LogP contribution in [0.3, 0.4) is 0 Å². The van der Waals surface area contributed by atoms with Gasteiger partial charge < -0.3 is 15.0 Å². The SMILES string of the molecule is C#C/C=C(\C=C/C)CNC(=O)c1ccc(-c2cnn(C)c2)cc1O[C@@H]1CCCN(C(=O)C=C)C1. The van der Waals surface area contributed by atoms with Crippen LogP contribution in [0, 0.1) is 12.3 Å². The van der Waals surface area contributed by atoms with Gasteiger partial charge in [-0.3, -0.25) is 14.3 Å². The maximum atomic E-state index is 13.1. The Bertz CT molecular complexity index is 1150. The zero-order chi connectivity index (χ0) is 24.5. The lowest BCUT2D eigenvalue weighted by atomic mass is 10.0. The summed E-state index contributed by atoms with van der Waals surface area (Å²) in [5.41, 5.74) is 3.04. The number of nitrogens with one attached hydrogen (secondary N) is 1. The average molecular weight is 459 g/mol. The molecule has 34 heavy (non-hydrogen) atoms. The molecule has 1 aromatic heterocycles. The van der Waals surface area contributed by atoms with Crippen molar-refractivity contribution in [2.45, 2.75) is 25.9 Å². The van der Waals surface area contributed by atoms with Gasteiger partial charge in [0.2, 0.25) is 5.91 Å². The van der Waals surface area contributed by atoms with Crippen LogP contribution in [-0.2, 0) is 11.8 Å². The van der Waals surface area contributed by atoms with Crippen molar-refractivity contribution in [1.82, 2.24) is 20.0 Å². The summed E-state index contributed by atoms with van der Waals surface area (Å²) in [6.45, 7) is 6.87. The number of benzene rings is 1. The first-order valence-electron chi connectivity index (χ1n) is 11.2. The van der Waals surface area contributed by atoms with Crippen LogP contribution in [-0.4, -0.2) is 52.2 Å². The van der Waals surface area contributed by atoms with Crippen molar-refractivity contribution in [3.05, 3.63) is 72.6 Å². The molecule has 2 amide bonds. The summed E-state index contributed by atoms with van der Waals surface area (Å²) >= 11 is 0. The summed E-state index contributed by atoms with van der Waals surface area (Å²) in [4.78, 5) is 26.9. The van der Waals surface area contributed by atoms with Crippen molar-refractivity contribution in [2.24, 2.45) is 7.05 Å². The van der Waals surface area contributed by atoms with E-state index in [1.54, 1.807) is 27.9 Å². The molecule has 1 aromatic carbocycles. The number of allylic oxidation sites excluding steroid dienone is 2. The second-order valence-corrected chi connectivity index (χ2v) is 8.05. The Balaban J connectivity index is 1.87. The van der Waals surface area contributed by atoms with Gasteiger partial charge in [0.1, 0.15) is 11.9 Å². The van der Waals surface area contributed by atoms with Crippen LogP contribution in [0.2, 0.25) is 0 Å². The minimum Gasteiger partial charge on any atom is -0.488 e. The fraction of sp³-hybridized carbons (Fsp3) is 0.296. The monoisotopic (exact) mass is 458 g/mol. The Hall–Kier alpha value is -4.05. The Labute approximate surface area is 200 Å². The van der Waals surface area contributed by atoms with E-state index in [2.05, 4.69) is 22.9 Å². The molecule has 1 fully saturated rings. The zero-order valence-corrected chi connectivity index (χ0v) is 19.7. The largest absolute Gasteiger partial charge is 0.488 e.